The number of rotatable bonds is 3. The molecule has 1 aliphatic rings. The van der Waals surface area contributed by atoms with Gasteiger partial charge in [-0.3, -0.25) is 0 Å². The number of fused-ring (bicyclic) bond motifs is 1. The third-order valence-electron chi connectivity index (χ3n) is 2.52. The molecule has 0 amide bonds. The summed E-state index contributed by atoms with van der Waals surface area (Å²) < 4.78 is 15.1. The Morgan fingerprint density at radius 2 is 2.26 bits per heavy atom. The largest absolute Gasteiger partial charge is 0.465 e. The second kappa shape index (κ2) is 4.77. The Kier molecular flexibility index (Phi) is 2.96. The summed E-state index contributed by atoms with van der Waals surface area (Å²) in [5, 5.41) is 3.71. The van der Waals surface area contributed by atoms with E-state index in [1.807, 2.05) is 18.2 Å². The van der Waals surface area contributed by atoms with Crippen LogP contribution >= 0.6 is 11.3 Å². The van der Waals surface area contributed by atoms with Crippen molar-refractivity contribution in [1.29, 1.82) is 0 Å². The van der Waals surface area contributed by atoms with E-state index in [0.29, 0.717) is 15.8 Å². The number of carbonyl (C=O) groups excluding carboxylic acids is 1. The van der Waals surface area contributed by atoms with Crippen molar-refractivity contribution < 1.29 is 19.0 Å². The molecule has 0 unspecified atom stereocenters. The molecule has 0 radical (unpaired) electrons. The van der Waals surface area contributed by atoms with Crippen molar-refractivity contribution in [2.45, 2.75) is 0 Å². The first-order valence-corrected chi connectivity index (χ1v) is 6.29. The molecule has 0 aliphatic carbocycles. The number of esters is 1. The molecule has 19 heavy (non-hydrogen) atoms. The van der Waals surface area contributed by atoms with Gasteiger partial charge in [-0.15, -0.1) is 0 Å². The number of thiazole rings is 1. The van der Waals surface area contributed by atoms with Gasteiger partial charge in [-0.2, -0.15) is 0 Å². The Labute approximate surface area is 112 Å². The summed E-state index contributed by atoms with van der Waals surface area (Å²) >= 11 is 1.22. The standard InChI is InChI=1S/C12H10N2O4S/c1-16-11(15)10-5-13-12(19-10)14-7-2-3-8-9(4-7)18-6-17-8/h2-5H,6H2,1H3,(H,13,14). The molecular formula is C12H10N2O4S. The summed E-state index contributed by atoms with van der Waals surface area (Å²) in [6.07, 6.45) is 1.48. The van der Waals surface area contributed by atoms with E-state index in [1.54, 1.807) is 0 Å². The molecule has 1 aliphatic heterocycles. The Bertz CT molecular complexity index is 626. The fourth-order valence-electron chi connectivity index (χ4n) is 1.62. The Hall–Kier alpha value is -2.28. The highest BCUT2D eigenvalue weighted by Gasteiger charge is 2.14. The molecule has 0 fully saturated rings. The molecule has 1 N–H and O–H groups in total. The van der Waals surface area contributed by atoms with Crippen LogP contribution in [0, 0.1) is 0 Å². The molecule has 0 bridgehead atoms. The molecule has 6 nitrogen and oxygen atoms in total. The molecule has 0 atom stereocenters. The third-order valence-corrected chi connectivity index (χ3v) is 3.41. The summed E-state index contributed by atoms with van der Waals surface area (Å²) in [5.41, 5.74) is 0.815. The van der Waals surface area contributed by atoms with E-state index in [2.05, 4.69) is 15.0 Å². The van der Waals surface area contributed by atoms with Crippen LogP contribution in [0.5, 0.6) is 11.5 Å². The zero-order valence-electron chi connectivity index (χ0n) is 10.0. The highest BCUT2D eigenvalue weighted by Crippen LogP contribution is 2.35. The van der Waals surface area contributed by atoms with Crippen LogP contribution in [0.2, 0.25) is 0 Å². The van der Waals surface area contributed by atoms with Gasteiger partial charge in [-0.25, -0.2) is 9.78 Å². The fraction of sp³-hybridized carbons (Fsp3) is 0.167. The molecule has 0 saturated heterocycles. The summed E-state index contributed by atoms with van der Waals surface area (Å²) in [6, 6.07) is 5.49. The van der Waals surface area contributed by atoms with Gasteiger partial charge in [-0.1, -0.05) is 11.3 Å². The molecule has 98 valence electrons. The lowest BCUT2D eigenvalue weighted by atomic mass is 10.3. The van der Waals surface area contributed by atoms with Gasteiger partial charge >= 0.3 is 5.97 Å². The van der Waals surface area contributed by atoms with Crippen molar-refractivity contribution in [3.63, 3.8) is 0 Å². The number of methoxy groups -OCH3 is 1. The molecule has 0 saturated carbocycles. The lowest BCUT2D eigenvalue weighted by molar-refractivity contribution is 0.0606. The van der Waals surface area contributed by atoms with Crippen LogP contribution in [0.25, 0.3) is 0 Å². The van der Waals surface area contributed by atoms with Gasteiger partial charge in [0.15, 0.2) is 16.6 Å². The van der Waals surface area contributed by atoms with E-state index in [4.69, 9.17) is 9.47 Å². The minimum Gasteiger partial charge on any atom is -0.465 e. The minimum atomic E-state index is -0.392. The third kappa shape index (κ3) is 2.32. The van der Waals surface area contributed by atoms with Gasteiger partial charge in [0.2, 0.25) is 6.79 Å². The molecule has 0 spiro atoms. The first kappa shape index (κ1) is 11.8. The van der Waals surface area contributed by atoms with E-state index in [9.17, 15) is 4.79 Å². The Morgan fingerprint density at radius 3 is 3.11 bits per heavy atom. The van der Waals surface area contributed by atoms with Gasteiger partial charge < -0.3 is 19.5 Å². The van der Waals surface area contributed by atoms with Crippen LogP contribution < -0.4 is 14.8 Å². The second-order valence-corrected chi connectivity index (χ2v) is 4.74. The predicted octanol–water partition coefficient (Wildman–Crippen LogP) is 2.40. The fourth-order valence-corrected chi connectivity index (χ4v) is 2.38. The normalized spacial score (nSPS) is 12.3. The number of anilines is 2. The number of aromatic nitrogens is 1. The zero-order chi connectivity index (χ0) is 13.2. The number of benzene rings is 1. The molecule has 3 rings (SSSR count). The molecule has 2 heterocycles. The molecule has 1 aromatic heterocycles. The summed E-state index contributed by atoms with van der Waals surface area (Å²) in [5.74, 6) is 1.02. The topological polar surface area (TPSA) is 69.7 Å². The maximum absolute atomic E-state index is 11.3. The van der Waals surface area contributed by atoms with E-state index >= 15 is 0 Å². The Morgan fingerprint density at radius 1 is 1.42 bits per heavy atom. The second-order valence-electron chi connectivity index (χ2n) is 3.71. The maximum atomic E-state index is 11.3. The number of nitrogens with one attached hydrogen (secondary N) is 1. The summed E-state index contributed by atoms with van der Waals surface area (Å²) in [6.45, 7) is 0.239. The van der Waals surface area contributed by atoms with Crippen molar-refractivity contribution in [3.05, 3.63) is 29.3 Å². The minimum absolute atomic E-state index is 0.239. The highest BCUT2D eigenvalue weighted by atomic mass is 32.1. The molecular weight excluding hydrogens is 268 g/mol. The average molecular weight is 278 g/mol. The summed E-state index contributed by atoms with van der Waals surface area (Å²) in [4.78, 5) is 15.9. The predicted molar refractivity (Wildman–Crippen MR) is 69.3 cm³/mol. The highest BCUT2D eigenvalue weighted by molar-refractivity contribution is 7.17. The first-order valence-electron chi connectivity index (χ1n) is 5.47. The van der Waals surface area contributed by atoms with Crippen molar-refractivity contribution in [2.75, 3.05) is 19.2 Å². The number of carbonyl (C=O) groups is 1. The Balaban J connectivity index is 1.78. The van der Waals surface area contributed by atoms with E-state index in [1.165, 1.54) is 24.6 Å². The van der Waals surface area contributed by atoms with Crippen LogP contribution in [0.1, 0.15) is 9.67 Å². The molecule has 2 aromatic rings. The number of hydrogen-bond donors (Lipinski definition) is 1. The van der Waals surface area contributed by atoms with Gasteiger partial charge in [0, 0.05) is 11.8 Å². The van der Waals surface area contributed by atoms with Crippen LogP contribution in [0.15, 0.2) is 24.4 Å². The SMILES string of the molecule is COC(=O)c1cnc(Nc2ccc3c(c2)OCO3)s1. The van der Waals surface area contributed by atoms with Crippen molar-refractivity contribution in [1.82, 2.24) is 4.98 Å². The van der Waals surface area contributed by atoms with Crippen LogP contribution in [-0.2, 0) is 4.74 Å². The van der Waals surface area contributed by atoms with E-state index < -0.39 is 5.97 Å². The van der Waals surface area contributed by atoms with Crippen LogP contribution in [0.3, 0.4) is 0 Å². The zero-order valence-corrected chi connectivity index (χ0v) is 10.8. The van der Waals surface area contributed by atoms with Gasteiger partial charge in [-0.05, 0) is 12.1 Å². The number of ether oxygens (including phenoxy) is 3. The monoisotopic (exact) mass is 278 g/mol. The van der Waals surface area contributed by atoms with Crippen LogP contribution in [-0.4, -0.2) is 24.9 Å². The van der Waals surface area contributed by atoms with Gasteiger partial charge in [0.05, 0.1) is 13.3 Å². The van der Waals surface area contributed by atoms with Gasteiger partial charge in [0.1, 0.15) is 4.88 Å². The average Bonchev–Trinajstić information content (AvgIpc) is 3.06. The number of hydrogen-bond acceptors (Lipinski definition) is 7. The molecule has 1 aromatic carbocycles. The smallest absolute Gasteiger partial charge is 0.349 e. The lowest BCUT2D eigenvalue weighted by Gasteiger charge is -2.03. The first-order chi connectivity index (χ1) is 9.26. The maximum Gasteiger partial charge on any atom is 0.349 e. The quantitative estimate of drug-likeness (QED) is 0.869. The van der Waals surface area contributed by atoms with Gasteiger partial charge in [0.25, 0.3) is 0 Å². The van der Waals surface area contributed by atoms with Crippen molar-refractivity contribution in [2.24, 2.45) is 0 Å². The summed E-state index contributed by atoms with van der Waals surface area (Å²) in [7, 11) is 1.34. The van der Waals surface area contributed by atoms with Crippen LogP contribution in [0.4, 0.5) is 10.8 Å². The van der Waals surface area contributed by atoms with Crippen molar-refractivity contribution >= 4 is 28.1 Å². The van der Waals surface area contributed by atoms with E-state index in [0.717, 1.165) is 11.4 Å². The number of nitrogens with zero attached hydrogens (tertiary/aromatic N) is 1. The van der Waals surface area contributed by atoms with Crippen molar-refractivity contribution in [3.8, 4) is 11.5 Å². The lowest BCUT2D eigenvalue weighted by Crippen LogP contribution is -1.96. The molecule has 7 heteroatoms. The van der Waals surface area contributed by atoms with E-state index in [-0.39, 0.29) is 6.79 Å².